The molecule has 0 N–H and O–H groups in total. The van der Waals surface area contributed by atoms with E-state index in [0.717, 1.165) is 6.42 Å². The molecule has 2 nitrogen and oxygen atoms in total. The number of unbranched alkanes of at least 4 members (excludes halogenated alkanes) is 2. The van der Waals surface area contributed by atoms with Gasteiger partial charge < -0.3 is 4.74 Å². The van der Waals surface area contributed by atoms with Crippen molar-refractivity contribution in [3.8, 4) is 5.75 Å². The highest BCUT2D eigenvalue weighted by Crippen LogP contribution is 2.35. The summed E-state index contributed by atoms with van der Waals surface area (Å²) in [6.45, 7) is 4.53. The number of ether oxygens (including phenoxy) is 1. The Bertz CT molecular complexity index is 743. The highest BCUT2D eigenvalue weighted by molar-refractivity contribution is 6.59. The number of carbonyl (C=O) groups is 1. The maximum Gasteiger partial charge on any atom is 0.343 e. The van der Waals surface area contributed by atoms with Gasteiger partial charge in [0.15, 0.2) is 0 Å². The molecular weight excluding hydrogens is 372 g/mol. The number of esters is 1. The summed E-state index contributed by atoms with van der Waals surface area (Å²) in [5, 5.41) is 0. The van der Waals surface area contributed by atoms with Crippen LogP contribution in [0.2, 0.25) is 18.1 Å². The largest absolute Gasteiger partial charge is 0.423 e. The molecule has 0 bridgehead atoms. The molecule has 0 unspecified atom stereocenters. The number of hydrogen-bond donors (Lipinski definition) is 0. The van der Waals surface area contributed by atoms with Crippen molar-refractivity contribution in [2.75, 3.05) is 0 Å². The molecular formula is C26H36O2Si. The van der Waals surface area contributed by atoms with E-state index in [1.54, 1.807) is 0 Å². The van der Waals surface area contributed by atoms with Gasteiger partial charge in [0.25, 0.3) is 0 Å². The van der Waals surface area contributed by atoms with Crippen molar-refractivity contribution in [3.63, 3.8) is 0 Å². The van der Waals surface area contributed by atoms with Crippen molar-refractivity contribution in [1.29, 1.82) is 0 Å². The fourth-order valence-electron chi connectivity index (χ4n) is 4.55. The minimum atomic E-state index is -0.434. The van der Waals surface area contributed by atoms with E-state index >= 15 is 0 Å². The summed E-state index contributed by atoms with van der Waals surface area (Å²) in [4.78, 5) is 12.5. The van der Waals surface area contributed by atoms with Crippen LogP contribution in [0, 0.1) is 0 Å². The zero-order chi connectivity index (χ0) is 20.5. The second-order valence-corrected chi connectivity index (χ2v) is 12.1. The van der Waals surface area contributed by atoms with E-state index in [2.05, 4.69) is 26.0 Å². The fourth-order valence-corrected chi connectivity index (χ4v) is 7.98. The van der Waals surface area contributed by atoms with Gasteiger partial charge in [0.2, 0.25) is 0 Å². The van der Waals surface area contributed by atoms with Crippen LogP contribution in [0.4, 0.5) is 0 Å². The molecule has 0 spiro atoms. The highest BCUT2D eigenvalue weighted by atomic mass is 28.3. The van der Waals surface area contributed by atoms with Crippen molar-refractivity contribution in [2.45, 2.75) is 82.8 Å². The molecule has 1 heterocycles. The number of carbonyl (C=O) groups excluding carboxylic acids is 1. The maximum atomic E-state index is 12.5. The summed E-state index contributed by atoms with van der Waals surface area (Å²) >= 11 is 0. The third kappa shape index (κ3) is 6.57. The van der Waals surface area contributed by atoms with Gasteiger partial charge in [-0.25, -0.2) is 4.79 Å². The molecule has 1 aliphatic rings. The average molecular weight is 409 g/mol. The summed E-state index contributed by atoms with van der Waals surface area (Å²) < 4.78 is 5.60. The SMILES string of the molecule is CCCCCc1ccc(C(=O)Oc2ccc([C@H]3CC[Si@H](CCC)CC3)cc2)cc1. The summed E-state index contributed by atoms with van der Waals surface area (Å²) in [6, 6.07) is 20.6. The van der Waals surface area contributed by atoms with Crippen LogP contribution < -0.4 is 4.74 Å². The second kappa shape index (κ2) is 11.3. The summed E-state index contributed by atoms with van der Waals surface area (Å²) in [7, 11) is -0.434. The molecule has 2 aromatic rings. The van der Waals surface area contributed by atoms with Crippen molar-refractivity contribution in [2.24, 2.45) is 0 Å². The molecule has 2 aromatic carbocycles. The molecule has 0 radical (unpaired) electrons. The standard InChI is InChI=1S/C26H36O2Si/c1-3-5-6-7-21-8-10-24(11-9-21)26(27)28-25-14-12-22(13-15-25)23-16-19-29(18-4-2)20-17-23/h8-15,23,29H,3-7,16-20H2,1-2H3/t23-,29-. The minimum absolute atomic E-state index is 0.274. The van der Waals surface area contributed by atoms with Crippen LogP contribution in [0.1, 0.15) is 79.8 Å². The van der Waals surface area contributed by atoms with Gasteiger partial charge in [0, 0.05) is 8.80 Å². The first-order valence-electron chi connectivity index (χ1n) is 11.6. The molecule has 29 heavy (non-hydrogen) atoms. The van der Waals surface area contributed by atoms with Crippen LogP contribution in [0.15, 0.2) is 48.5 Å². The molecule has 0 amide bonds. The smallest absolute Gasteiger partial charge is 0.343 e. The molecule has 1 fully saturated rings. The fraction of sp³-hybridized carbons (Fsp3) is 0.500. The summed E-state index contributed by atoms with van der Waals surface area (Å²) in [5.74, 6) is 1.06. The van der Waals surface area contributed by atoms with Gasteiger partial charge in [0.1, 0.15) is 5.75 Å². The van der Waals surface area contributed by atoms with E-state index in [9.17, 15) is 4.79 Å². The van der Waals surface area contributed by atoms with Crippen molar-refractivity contribution in [3.05, 3.63) is 65.2 Å². The number of rotatable bonds is 9. The second-order valence-electron chi connectivity index (χ2n) is 8.62. The molecule has 3 heteroatoms. The zero-order valence-electron chi connectivity index (χ0n) is 18.2. The maximum absolute atomic E-state index is 12.5. The molecule has 0 atom stereocenters. The van der Waals surface area contributed by atoms with Gasteiger partial charge >= 0.3 is 5.97 Å². The minimum Gasteiger partial charge on any atom is -0.423 e. The highest BCUT2D eigenvalue weighted by Gasteiger charge is 2.22. The summed E-state index contributed by atoms with van der Waals surface area (Å²) in [6.07, 6.45) is 8.82. The third-order valence-electron chi connectivity index (χ3n) is 6.36. The van der Waals surface area contributed by atoms with E-state index in [1.807, 2.05) is 36.4 Å². The first kappa shape index (κ1) is 21.8. The lowest BCUT2D eigenvalue weighted by Crippen LogP contribution is -2.20. The van der Waals surface area contributed by atoms with Crippen molar-refractivity contribution >= 4 is 14.8 Å². The van der Waals surface area contributed by atoms with Crippen LogP contribution in [-0.2, 0) is 6.42 Å². The normalized spacial score (nSPS) is 19.1. The molecule has 1 saturated heterocycles. The molecule has 0 aliphatic carbocycles. The molecule has 0 saturated carbocycles. The van der Waals surface area contributed by atoms with Crippen molar-refractivity contribution < 1.29 is 9.53 Å². The Balaban J connectivity index is 1.51. The van der Waals surface area contributed by atoms with E-state index in [1.165, 1.54) is 67.8 Å². The van der Waals surface area contributed by atoms with Crippen LogP contribution in [0.3, 0.4) is 0 Å². The van der Waals surface area contributed by atoms with Crippen LogP contribution in [0.5, 0.6) is 5.75 Å². The Kier molecular flexibility index (Phi) is 8.54. The number of benzene rings is 2. The predicted octanol–water partition coefficient (Wildman–Crippen LogP) is 7.15. The Hall–Kier alpha value is -1.87. The molecule has 1 aliphatic heterocycles. The zero-order valence-corrected chi connectivity index (χ0v) is 19.3. The van der Waals surface area contributed by atoms with Gasteiger partial charge in [-0.2, -0.15) is 0 Å². The van der Waals surface area contributed by atoms with E-state index in [-0.39, 0.29) is 5.97 Å². The Morgan fingerprint density at radius 3 is 2.24 bits per heavy atom. The molecule has 0 aromatic heterocycles. The lowest BCUT2D eigenvalue weighted by atomic mass is 9.93. The monoisotopic (exact) mass is 408 g/mol. The Morgan fingerprint density at radius 1 is 0.931 bits per heavy atom. The summed E-state index contributed by atoms with van der Waals surface area (Å²) in [5.41, 5.74) is 3.31. The predicted molar refractivity (Wildman–Crippen MR) is 125 cm³/mol. The lowest BCUT2D eigenvalue weighted by Gasteiger charge is -2.27. The van der Waals surface area contributed by atoms with Gasteiger partial charge in [-0.15, -0.1) is 0 Å². The molecule has 3 rings (SSSR count). The number of aryl methyl sites for hydroxylation is 1. The first-order valence-corrected chi connectivity index (χ1v) is 14.1. The topological polar surface area (TPSA) is 26.3 Å². The van der Waals surface area contributed by atoms with Gasteiger partial charge in [0.05, 0.1) is 5.56 Å². The van der Waals surface area contributed by atoms with Crippen LogP contribution in [0.25, 0.3) is 0 Å². The quantitative estimate of drug-likeness (QED) is 0.190. The van der Waals surface area contributed by atoms with E-state index in [4.69, 9.17) is 4.74 Å². The van der Waals surface area contributed by atoms with Gasteiger partial charge in [-0.05, 0) is 67.0 Å². The lowest BCUT2D eigenvalue weighted by molar-refractivity contribution is 0.0734. The Labute approximate surface area is 178 Å². The first-order chi connectivity index (χ1) is 14.2. The average Bonchev–Trinajstić information content (AvgIpc) is 2.76. The van der Waals surface area contributed by atoms with Gasteiger partial charge in [-0.3, -0.25) is 0 Å². The third-order valence-corrected chi connectivity index (χ3v) is 10.1. The van der Waals surface area contributed by atoms with E-state index < -0.39 is 8.80 Å². The van der Waals surface area contributed by atoms with Gasteiger partial charge in [-0.1, -0.05) is 75.5 Å². The molecule has 156 valence electrons. The Morgan fingerprint density at radius 2 is 1.62 bits per heavy atom. The van der Waals surface area contributed by atoms with Crippen molar-refractivity contribution in [1.82, 2.24) is 0 Å². The van der Waals surface area contributed by atoms with Crippen LogP contribution in [-0.4, -0.2) is 14.8 Å². The van der Waals surface area contributed by atoms with E-state index in [0.29, 0.717) is 17.2 Å². The van der Waals surface area contributed by atoms with Crippen LogP contribution >= 0.6 is 0 Å². The number of hydrogen-bond acceptors (Lipinski definition) is 2.